The molecule has 2 N–H and O–H groups in total. The number of carbonyl (C=O) groups excluding carboxylic acids is 1. The summed E-state index contributed by atoms with van der Waals surface area (Å²) < 4.78 is 0. The Kier molecular flexibility index (Phi) is 5.27. The highest BCUT2D eigenvalue weighted by Crippen LogP contribution is 2.40. The van der Waals surface area contributed by atoms with Crippen LogP contribution >= 0.6 is 0 Å². The van der Waals surface area contributed by atoms with E-state index in [4.69, 9.17) is 0 Å². The fraction of sp³-hybridized carbons (Fsp3) is 0.611. The molecule has 0 bridgehead atoms. The molecule has 0 aliphatic heterocycles. The average Bonchev–Trinajstić information content (AvgIpc) is 2.96. The molecule has 1 fully saturated rings. The fourth-order valence-corrected chi connectivity index (χ4v) is 3.34. The molecule has 1 saturated carbocycles. The number of benzene rings is 1. The minimum absolute atomic E-state index is 0.0564. The van der Waals surface area contributed by atoms with Crippen molar-refractivity contribution in [3.05, 3.63) is 29.3 Å². The number of nitrogens with one attached hydrogen (secondary N) is 2. The number of rotatable bonds is 6. The average molecular weight is 288 g/mol. The monoisotopic (exact) mass is 288 g/mol. The highest BCUT2D eigenvalue weighted by molar-refractivity contribution is 5.94. The van der Waals surface area contributed by atoms with Crippen LogP contribution in [0.4, 0.5) is 5.69 Å². The van der Waals surface area contributed by atoms with E-state index in [1.54, 1.807) is 0 Å². The summed E-state index contributed by atoms with van der Waals surface area (Å²) in [5, 5.41) is 6.45. The van der Waals surface area contributed by atoms with Crippen molar-refractivity contribution in [2.24, 2.45) is 5.41 Å². The van der Waals surface area contributed by atoms with E-state index in [1.165, 1.54) is 25.7 Å². The molecule has 3 heteroatoms. The van der Waals surface area contributed by atoms with Gasteiger partial charge in [0.15, 0.2) is 0 Å². The lowest BCUT2D eigenvalue weighted by Crippen LogP contribution is -2.35. The molecule has 1 aliphatic carbocycles. The van der Waals surface area contributed by atoms with Crippen LogP contribution in [0.1, 0.15) is 61.9 Å². The van der Waals surface area contributed by atoms with Gasteiger partial charge in [0.1, 0.15) is 0 Å². The first-order valence-corrected chi connectivity index (χ1v) is 8.23. The first-order chi connectivity index (χ1) is 10.1. The number of hydrogen-bond donors (Lipinski definition) is 2. The van der Waals surface area contributed by atoms with Crippen LogP contribution in [0.3, 0.4) is 0 Å². The normalized spacial score (nSPS) is 16.7. The van der Waals surface area contributed by atoms with Gasteiger partial charge in [0.25, 0.3) is 5.91 Å². The summed E-state index contributed by atoms with van der Waals surface area (Å²) in [7, 11) is 0. The minimum atomic E-state index is 0.0564. The lowest BCUT2D eigenvalue weighted by atomic mass is 9.83. The second-order valence-electron chi connectivity index (χ2n) is 6.30. The summed E-state index contributed by atoms with van der Waals surface area (Å²) in [5.74, 6) is 0.0564. The lowest BCUT2D eigenvalue weighted by Gasteiger charge is -2.27. The van der Waals surface area contributed by atoms with Crippen LogP contribution in [0.2, 0.25) is 0 Å². The molecule has 0 unspecified atom stereocenters. The molecule has 1 amide bonds. The molecule has 3 nitrogen and oxygen atoms in total. The van der Waals surface area contributed by atoms with Crippen molar-refractivity contribution in [2.45, 2.75) is 52.9 Å². The first kappa shape index (κ1) is 15.9. The maximum atomic E-state index is 12.3. The maximum Gasteiger partial charge on any atom is 0.251 e. The molecular formula is C18H28N2O. The van der Waals surface area contributed by atoms with Crippen molar-refractivity contribution >= 4 is 11.6 Å². The van der Waals surface area contributed by atoms with E-state index in [1.807, 2.05) is 25.1 Å². The Morgan fingerprint density at radius 1 is 1.24 bits per heavy atom. The Morgan fingerprint density at radius 2 is 1.95 bits per heavy atom. The largest absolute Gasteiger partial charge is 0.385 e. The van der Waals surface area contributed by atoms with Crippen LogP contribution in [0.25, 0.3) is 0 Å². The molecule has 2 rings (SSSR count). The molecular weight excluding hydrogens is 260 g/mol. The number of hydrogen-bond acceptors (Lipinski definition) is 2. The Hall–Kier alpha value is -1.51. The first-order valence-electron chi connectivity index (χ1n) is 8.23. The zero-order valence-electron chi connectivity index (χ0n) is 13.6. The van der Waals surface area contributed by atoms with Gasteiger partial charge >= 0.3 is 0 Å². The number of amides is 1. The van der Waals surface area contributed by atoms with E-state index >= 15 is 0 Å². The Labute approximate surface area is 128 Å². The second-order valence-corrected chi connectivity index (χ2v) is 6.30. The van der Waals surface area contributed by atoms with Crippen molar-refractivity contribution in [3.8, 4) is 0 Å². The summed E-state index contributed by atoms with van der Waals surface area (Å²) >= 11 is 0. The van der Waals surface area contributed by atoms with E-state index in [2.05, 4.69) is 24.5 Å². The molecule has 0 saturated heterocycles. The summed E-state index contributed by atoms with van der Waals surface area (Å²) in [6, 6.07) is 5.88. The zero-order valence-corrected chi connectivity index (χ0v) is 13.6. The van der Waals surface area contributed by atoms with Crippen molar-refractivity contribution in [3.63, 3.8) is 0 Å². The van der Waals surface area contributed by atoms with Gasteiger partial charge in [0.05, 0.1) is 0 Å². The minimum Gasteiger partial charge on any atom is -0.385 e. The van der Waals surface area contributed by atoms with Crippen LogP contribution in [0, 0.1) is 12.3 Å². The topological polar surface area (TPSA) is 41.1 Å². The molecule has 0 heterocycles. The highest BCUT2D eigenvalue weighted by atomic mass is 16.1. The summed E-state index contributed by atoms with van der Waals surface area (Å²) in [6.07, 6.45) is 6.27. The van der Waals surface area contributed by atoms with Gasteiger partial charge < -0.3 is 10.6 Å². The summed E-state index contributed by atoms with van der Waals surface area (Å²) in [4.78, 5) is 12.3. The van der Waals surface area contributed by atoms with Crippen LogP contribution in [-0.4, -0.2) is 19.0 Å². The Bertz CT molecular complexity index is 490. The SMILES string of the molecule is CCNc1ccc(C(=O)NCC2(CC)CCCC2)cc1C. The van der Waals surface area contributed by atoms with Gasteiger partial charge in [0.2, 0.25) is 0 Å². The molecule has 116 valence electrons. The van der Waals surface area contributed by atoms with E-state index in [0.717, 1.165) is 36.3 Å². The van der Waals surface area contributed by atoms with Gasteiger partial charge in [0, 0.05) is 24.3 Å². The van der Waals surface area contributed by atoms with E-state index in [-0.39, 0.29) is 5.91 Å². The third-order valence-corrected chi connectivity index (χ3v) is 4.89. The highest BCUT2D eigenvalue weighted by Gasteiger charge is 2.32. The van der Waals surface area contributed by atoms with Crippen molar-refractivity contribution in [1.29, 1.82) is 0 Å². The lowest BCUT2D eigenvalue weighted by molar-refractivity contribution is 0.0928. The van der Waals surface area contributed by atoms with Crippen molar-refractivity contribution in [2.75, 3.05) is 18.4 Å². The van der Waals surface area contributed by atoms with Crippen molar-refractivity contribution < 1.29 is 4.79 Å². The molecule has 0 spiro atoms. The summed E-state index contributed by atoms with van der Waals surface area (Å²) in [6.45, 7) is 8.07. The van der Waals surface area contributed by atoms with E-state index < -0.39 is 0 Å². The quantitative estimate of drug-likeness (QED) is 0.826. The number of anilines is 1. The van der Waals surface area contributed by atoms with Gasteiger partial charge in [-0.2, -0.15) is 0 Å². The maximum absolute atomic E-state index is 12.3. The van der Waals surface area contributed by atoms with Gasteiger partial charge in [-0.3, -0.25) is 4.79 Å². The Balaban J connectivity index is 1.98. The molecule has 0 aromatic heterocycles. The predicted molar refractivity (Wildman–Crippen MR) is 88.9 cm³/mol. The standard InChI is InChI=1S/C18H28N2O/c1-4-18(10-6-7-11-18)13-20-17(21)15-8-9-16(19-5-2)14(3)12-15/h8-9,12,19H,4-7,10-11,13H2,1-3H3,(H,20,21). The van der Waals surface area contributed by atoms with Crippen LogP contribution in [0.15, 0.2) is 18.2 Å². The molecule has 1 aliphatic rings. The Morgan fingerprint density at radius 3 is 2.52 bits per heavy atom. The molecule has 1 aromatic rings. The molecule has 0 atom stereocenters. The summed E-state index contributed by atoms with van der Waals surface area (Å²) in [5.41, 5.74) is 3.33. The molecule has 1 aromatic carbocycles. The van der Waals surface area contributed by atoms with Gasteiger partial charge in [-0.15, -0.1) is 0 Å². The zero-order chi connectivity index (χ0) is 15.3. The number of carbonyl (C=O) groups is 1. The van der Waals surface area contributed by atoms with Crippen molar-refractivity contribution in [1.82, 2.24) is 5.32 Å². The second kappa shape index (κ2) is 6.97. The van der Waals surface area contributed by atoms with E-state index in [0.29, 0.717) is 5.41 Å². The molecule has 21 heavy (non-hydrogen) atoms. The third-order valence-electron chi connectivity index (χ3n) is 4.89. The van der Waals surface area contributed by atoms with Crippen LogP contribution < -0.4 is 10.6 Å². The van der Waals surface area contributed by atoms with Crippen LogP contribution in [0.5, 0.6) is 0 Å². The van der Waals surface area contributed by atoms with Gasteiger partial charge in [-0.05, 0) is 62.3 Å². The van der Waals surface area contributed by atoms with Gasteiger partial charge in [-0.25, -0.2) is 0 Å². The smallest absolute Gasteiger partial charge is 0.251 e. The fourth-order valence-electron chi connectivity index (χ4n) is 3.34. The van der Waals surface area contributed by atoms with Crippen LogP contribution in [-0.2, 0) is 0 Å². The third kappa shape index (κ3) is 3.78. The van der Waals surface area contributed by atoms with Gasteiger partial charge in [-0.1, -0.05) is 19.8 Å². The predicted octanol–water partition coefficient (Wildman–Crippen LogP) is 4.13. The van der Waals surface area contributed by atoms with E-state index in [9.17, 15) is 4.79 Å². The number of aryl methyl sites for hydroxylation is 1. The molecule has 0 radical (unpaired) electrons.